The number of nitrogens with one attached hydrogen (secondary N) is 1. The molecular weight excluding hydrogens is 253 g/mol. The van der Waals surface area contributed by atoms with E-state index in [0.29, 0.717) is 5.92 Å². The van der Waals surface area contributed by atoms with Gasteiger partial charge in [-0.15, -0.1) is 0 Å². The highest BCUT2D eigenvalue weighted by Gasteiger charge is 2.13. The van der Waals surface area contributed by atoms with Crippen molar-refractivity contribution in [3.8, 4) is 0 Å². The van der Waals surface area contributed by atoms with Gasteiger partial charge < -0.3 is 5.32 Å². The number of halogens is 1. The number of nitrogens with zero attached hydrogens (tertiary/aromatic N) is 2. The number of hydrogen-bond donors (Lipinski definition) is 1. The Labute approximate surface area is 119 Å². The van der Waals surface area contributed by atoms with Gasteiger partial charge in [0.1, 0.15) is 5.82 Å². The van der Waals surface area contributed by atoms with Crippen molar-refractivity contribution in [2.75, 3.05) is 0 Å². The first kappa shape index (κ1) is 14.7. The lowest BCUT2D eigenvalue weighted by Gasteiger charge is -2.14. The number of benzene rings is 1. The second-order valence-corrected chi connectivity index (χ2v) is 5.53. The van der Waals surface area contributed by atoms with Crippen molar-refractivity contribution in [3.05, 3.63) is 53.1 Å². The maximum atomic E-state index is 13.2. The van der Waals surface area contributed by atoms with E-state index in [4.69, 9.17) is 0 Å². The lowest BCUT2D eigenvalue weighted by molar-refractivity contribution is 0.561. The Balaban J connectivity index is 2.05. The van der Waals surface area contributed by atoms with Gasteiger partial charge in [0.05, 0.1) is 5.69 Å². The standard InChI is InChI=1S/C16H22FN3/c1-11(2)16-14(10-20(4)19-16)9-18-12(3)13-6-5-7-15(17)8-13/h5-8,10-12,18H,9H2,1-4H3/t12-/m1/s1. The summed E-state index contributed by atoms with van der Waals surface area (Å²) in [7, 11) is 1.94. The lowest BCUT2D eigenvalue weighted by Crippen LogP contribution is -2.18. The van der Waals surface area contributed by atoms with Crippen LogP contribution in [-0.4, -0.2) is 9.78 Å². The van der Waals surface area contributed by atoms with Crippen LogP contribution in [0, 0.1) is 5.82 Å². The van der Waals surface area contributed by atoms with Crippen LogP contribution in [-0.2, 0) is 13.6 Å². The maximum absolute atomic E-state index is 13.2. The molecule has 108 valence electrons. The predicted molar refractivity (Wildman–Crippen MR) is 79.0 cm³/mol. The van der Waals surface area contributed by atoms with Crippen molar-refractivity contribution < 1.29 is 4.39 Å². The summed E-state index contributed by atoms with van der Waals surface area (Å²) in [5, 5.41) is 7.92. The van der Waals surface area contributed by atoms with E-state index in [0.717, 1.165) is 17.8 Å². The molecule has 0 aliphatic carbocycles. The van der Waals surface area contributed by atoms with Crippen LogP contribution in [0.1, 0.15) is 49.6 Å². The average Bonchev–Trinajstić information content (AvgIpc) is 2.77. The monoisotopic (exact) mass is 275 g/mol. The van der Waals surface area contributed by atoms with Gasteiger partial charge in [0.25, 0.3) is 0 Å². The van der Waals surface area contributed by atoms with Crippen molar-refractivity contribution in [2.24, 2.45) is 7.05 Å². The zero-order valence-corrected chi connectivity index (χ0v) is 12.5. The molecule has 0 radical (unpaired) electrons. The molecule has 2 aromatic rings. The van der Waals surface area contributed by atoms with E-state index in [2.05, 4.69) is 24.3 Å². The van der Waals surface area contributed by atoms with Crippen molar-refractivity contribution in [2.45, 2.75) is 39.3 Å². The molecule has 0 saturated heterocycles. The Kier molecular flexibility index (Phi) is 4.55. The van der Waals surface area contributed by atoms with Crippen molar-refractivity contribution >= 4 is 0 Å². The average molecular weight is 275 g/mol. The quantitative estimate of drug-likeness (QED) is 0.904. The summed E-state index contributed by atoms with van der Waals surface area (Å²) in [5.74, 6) is 0.206. The lowest BCUT2D eigenvalue weighted by atomic mass is 10.1. The molecule has 0 fully saturated rings. The van der Waals surface area contributed by atoms with Crippen LogP contribution in [0.5, 0.6) is 0 Å². The molecule has 0 unspecified atom stereocenters. The van der Waals surface area contributed by atoms with Gasteiger partial charge in [0.15, 0.2) is 0 Å². The van der Waals surface area contributed by atoms with Crippen molar-refractivity contribution in [1.29, 1.82) is 0 Å². The van der Waals surface area contributed by atoms with E-state index < -0.39 is 0 Å². The third-order valence-electron chi connectivity index (χ3n) is 3.43. The van der Waals surface area contributed by atoms with Gasteiger partial charge in [-0.25, -0.2) is 4.39 Å². The Bertz CT molecular complexity index is 575. The fourth-order valence-corrected chi connectivity index (χ4v) is 2.33. The van der Waals surface area contributed by atoms with Crippen molar-refractivity contribution in [1.82, 2.24) is 15.1 Å². The van der Waals surface area contributed by atoms with Gasteiger partial charge in [0, 0.05) is 31.4 Å². The first-order chi connectivity index (χ1) is 9.47. The molecule has 0 amide bonds. The molecule has 0 saturated carbocycles. The summed E-state index contributed by atoms with van der Waals surface area (Å²) in [6, 6.07) is 6.82. The van der Waals surface area contributed by atoms with E-state index in [1.165, 1.54) is 11.6 Å². The summed E-state index contributed by atoms with van der Waals surface area (Å²) in [5.41, 5.74) is 3.28. The Morgan fingerprint density at radius 2 is 2.05 bits per heavy atom. The number of hydrogen-bond acceptors (Lipinski definition) is 2. The largest absolute Gasteiger partial charge is 0.306 e. The van der Waals surface area contributed by atoms with E-state index >= 15 is 0 Å². The van der Waals surface area contributed by atoms with Gasteiger partial charge in [-0.1, -0.05) is 26.0 Å². The number of rotatable bonds is 5. The Hall–Kier alpha value is -1.68. The van der Waals surface area contributed by atoms with E-state index in [1.807, 2.05) is 30.9 Å². The molecule has 20 heavy (non-hydrogen) atoms. The minimum Gasteiger partial charge on any atom is -0.306 e. The van der Waals surface area contributed by atoms with Gasteiger partial charge in [-0.3, -0.25) is 4.68 Å². The summed E-state index contributed by atoms with van der Waals surface area (Å²) in [4.78, 5) is 0. The fourth-order valence-electron chi connectivity index (χ4n) is 2.33. The summed E-state index contributed by atoms with van der Waals surface area (Å²) < 4.78 is 15.1. The molecule has 1 heterocycles. The van der Waals surface area contributed by atoms with E-state index in [1.54, 1.807) is 12.1 Å². The van der Waals surface area contributed by atoms with Gasteiger partial charge >= 0.3 is 0 Å². The van der Waals surface area contributed by atoms with Crippen LogP contribution in [0.15, 0.2) is 30.5 Å². The molecule has 3 nitrogen and oxygen atoms in total. The maximum Gasteiger partial charge on any atom is 0.123 e. The summed E-state index contributed by atoms with van der Waals surface area (Å²) >= 11 is 0. The van der Waals surface area contributed by atoms with Gasteiger partial charge in [-0.2, -0.15) is 5.10 Å². The molecule has 0 spiro atoms. The topological polar surface area (TPSA) is 29.9 Å². The highest BCUT2D eigenvalue weighted by molar-refractivity contribution is 5.22. The second-order valence-electron chi connectivity index (χ2n) is 5.53. The van der Waals surface area contributed by atoms with E-state index in [9.17, 15) is 4.39 Å². The van der Waals surface area contributed by atoms with Crippen molar-refractivity contribution in [3.63, 3.8) is 0 Å². The van der Waals surface area contributed by atoms with Crippen LogP contribution in [0.4, 0.5) is 4.39 Å². The number of aromatic nitrogens is 2. The van der Waals surface area contributed by atoms with E-state index in [-0.39, 0.29) is 11.9 Å². The molecule has 2 rings (SSSR count). The zero-order chi connectivity index (χ0) is 14.7. The molecular formula is C16H22FN3. The highest BCUT2D eigenvalue weighted by atomic mass is 19.1. The first-order valence-electron chi connectivity index (χ1n) is 6.98. The third-order valence-corrected chi connectivity index (χ3v) is 3.43. The predicted octanol–water partition coefficient (Wildman–Crippen LogP) is 3.53. The van der Waals surface area contributed by atoms with Crippen LogP contribution in [0.3, 0.4) is 0 Å². The number of aryl methyl sites for hydroxylation is 1. The molecule has 1 aromatic carbocycles. The van der Waals surface area contributed by atoms with Crippen LogP contribution in [0.25, 0.3) is 0 Å². The second kappa shape index (κ2) is 6.18. The molecule has 1 atom stereocenters. The highest BCUT2D eigenvalue weighted by Crippen LogP contribution is 2.19. The molecule has 0 bridgehead atoms. The third kappa shape index (κ3) is 3.45. The molecule has 0 aliphatic heterocycles. The van der Waals surface area contributed by atoms with Gasteiger partial charge in [-0.05, 0) is 30.5 Å². The van der Waals surface area contributed by atoms with Crippen LogP contribution < -0.4 is 5.32 Å². The minimum absolute atomic E-state index is 0.103. The first-order valence-corrected chi connectivity index (χ1v) is 6.98. The molecule has 4 heteroatoms. The Morgan fingerprint density at radius 1 is 1.30 bits per heavy atom. The fraction of sp³-hybridized carbons (Fsp3) is 0.438. The zero-order valence-electron chi connectivity index (χ0n) is 12.5. The smallest absolute Gasteiger partial charge is 0.123 e. The van der Waals surface area contributed by atoms with Crippen LogP contribution >= 0.6 is 0 Å². The molecule has 0 aliphatic rings. The van der Waals surface area contributed by atoms with Gasteiger partial charge in [0.2, 0.25) is 0 Å². The molecule has 1 N–H and O–H groups in total. The molecule has 1 aromatic heterocycles. The minimum atomic E-state index is -0.194. The Morgan fingerprint density at radius 3 is 2.70 bits per heavy atom. The summed E-state index contributed by atoms with van der Waals surface area (Å²) in [6.45, 7) is 7.06. The normalized spacial score (nSPS) is 12.9. The SMILES string of the molecule is CC(C)c1nn(C)cc1CN[C@H](C)c1cccc(F)c1. The summed E-state index contributed by atoms with van der Waals surface area (Å²) in [6.07, 6.45) is 2.04. The van der Waals surface area contributed by atoms with Crippen LogP contribution in [0.2, 0.25) is 0 Å².